The second-order valence-electron chi connectivity index (χ2n) is 5.06. The van der Waals surface area contributed by atoms with Crippen LogP contribution in [-0.2, 0) is 12.7 Å². The van der Waals surface area contributed by atoms with Gasteiger partial charge in [-0.05, 0) is 44.1 Å². The summed E-state index contributed by atoms with van der Waals surface area (Å²) in [7, 11) is 1.95. The summed E-state index contributed by atoms with van der Waals surface area (Å²) < 4.78 is 37.4. The Balaban J connectivity index is 1.96. The molecule has 1 unspecified atom stereocenters. The Morgan fingerprint density at radius 1 is 1.26 bits per heavy atom. The van der Waals surface area contributed by atoms with Crippen molar-refractivity contribution in [1.29, 1.82) is 0 Å². The molecule has 1 aromatic carbocycles. The summed E-state index contributed by atoms with van der Waals surface area (Å²) in [5.74, 6) is 0. The fourth-order valence-corrected chi connectivity index (χ4v) is 2.49. The Bertz CT molecular complexity index is 400. The largest absolute Gasteiger partial charge is 0.416 e. The van der Waals surface area contributed by atoms with E-state index in [-0.39, 0.29) is 0 Å². The van der Waals surface area contributed by atoms with Gasteiger partial charge in [0.25, 0.3) is 0 Å². The topological polar surface area (TPSA) is 15.3 Å². The maximum Gasteiger partial charge on any atom is 0.416 e. The number of alkyl halides is 3. The van der Waals surface area contributed by atoms with E-state index in [0.29, 0.717) is 6.04 Å². The van der Waals surface area contributed by atoms with Gasteiger partial charge in [0.05, 0.1) is 5.56 Å². The van der Waals surface area contributed by atoms with Crippen LogP contribution in [0, 0.1) is 0 Å². The van der Waals surface area contributed by atoms with Crippen LogP contribution in [0.2, 0.25) is 0 Å². The lowest BCUT2D eigenvalue weighted by Crippen LogP contribution is -2.43. The standard InChI is InChI=1S/C14H19F3N2/c1-18-13-3-2-8-19(10-13)9-11-4-6-12(7-5-11)14(15,16)17/h4-7,13,18H,2-3,8-10H2,1H3. The van der Waals surface area contributed by atoms with E-state index in [1.807, 2.05) is 7.05 Å². The van der Waals surface area contributed by atoms with Gasteiger partial charge in [0, 0.05) is 19.1 Å². The van der Waals surface area contributed by atoms with Crippen LogP contribution in [0.5, 0.6) is 0 Å². The third-order valence-corrected chi connectivity index (χ3v) is 3.60. The van der Waals surface area contributed by atoms with Gasteiger partial charge in [0.2, 0.25) is 0 Å². The number of hydrogen-bond acceptors (Lipinski definition) is 2. The average Bonchev–Trinajstić information content (AvgIpc) is 2.38. The molecule has 0 radical (unpaired) electrons. The van der Waals surface area contributed by atoms with Crippen molar-refractivity contribution < 1.29 is 13.2 Å². The summed E-state index contributed by atoms with van der Waals surface area (Å²) in [5.41, 5.74) is 0.354. The fraction of sp³-hybridized carbons (Fsp3) is 0.571. The van der Waals surface area contributed by atoms with Crippen molar-refractivity contribution in [3.8, 4) is 0 Å². The minimum absolute atomic E-state index is 0.489. The Morgan fingerprint density at radius 3 is 2.53 bits per heavy atom. The molecule has 1 fully saturated rings. The molecular weight excluding hydrogens is 253 g/mol. The predicted molar refractivity (Wildman–Crippen MR) is 68.8 cm³/mol. The van der Waals surface area contributed by atoms with Crippen LogP contribution in [0.4, 0.5) is 13.2 Å². The van der Waals surface area contributed by atoms with Gasteiger partial charge < -0.3 is 5.32 Å². The van der Waals surface area contributed by atoms with Crippen molar-refractivity contribution in [2.75, 3.05) is 20.1 Å². The van der Waals surface area contributed by atoms with E-state index in [9.17, 15) is 13.2 Å². The number of nitrogens with zero attached hydrogens (tertiary/aromatic N) is 1. The van der Waals surface area contributed by atoms with Gasteiger partial charge in [0.1, 0.15) is 0 Å². The highest BCUT2D eigenvalue weighted by Crippen LogP contribution is 2.29. The molecule has 1 aliphatic heterocycles. The van der Waals surface area contributed by atoms with Crippen molar-refractivity contribution in [2.45, 2.75) is 31.6 Å². The van der Waals surface area contributed by atoms with Crippen LogP contribution in [-0.4, -0.2) is 31.1 Å². The highest BCUT2D eigenvalue weighted by atomic mass is 19.4. The number of likely N-dealkylation sites (tertiary alicyclic amines) is 1. The monoisotopic (exact) mass is 272 g/mol. The molecule has 0 aliphatic carbocycles. The van der Waals surface area contributed by atoms with E-state index in [4.69, 9.17) is 0 Å². The molecule has 0 spiro atoms. The minimum atomic E-state index is -4.25. The highest BCUT2D eigenvalue weighted by molar-refractivity contribution is 5.24. The zero-order valence-electron chi connectivity index (χ0n) is 11.0. The number of piperidine rings is 1. The molecule has 2 rings (SSSR count). The van der Waals surface area contributed by atoms with Crippen molar-refractivity contribution in [1.82, 2.24) is 10.2 Å². The van der Waals surface area contributed by atoms with Crippen molar-refractivity contribution in [3.05, 3.63) is 35.4 Å². The molecule has 19 heavy (non-hydrogen) atoms. The Labute approximate surface area is 111 Å². The first-order valence-electron chi connectivity index (χ1n) is 6.55. The van der Waals surface area contributed by atoms with Gasteiger partial charge in [-0.15, -0.1) is 0 Å². The van der Waals surface area contributed by atoms with Gasteiger partial charge in [-0.25, -0.2) is 0 Å². The summed E-state index contributed by atoms with van der Waals surface area (Å²) in [6.45, 7) is 2.69. The molecular formula is C14H19F3N2. The summed E-state index contributed by atoms with van der Waals surface area (Å²) in [4.78, 5) is 2.28. The average molecular weight is 272 g/mol. The molecule has 1 aliphatic rings. The number of hydrogen-bond donors (Lipinski definition) is 1. The number of likely N-dealkylation sites (N-methyl/N-ethyl adjacent to an activating group) is 1. The van der Waals surface area contributed by atoms with Crippen LogP contribution in [0.15, 0.2) is 24.3 Å². The molecule has 0 saturated carbocycles. The summed E-state index contributed by atoms with van der Waals surface area (Å²) in [5, 5.41) is 3.26. The van der Waals surface area contributed by atoms with E-state index in [2.05, 4.69) is 10.2 Å². The van der Waals surface area contributed by atoms with Crippen LogP contribution in [0.1, 0.15) is 24.0 Å². The smallest absolute Gasteiger partial charge is 0.316 e. The summed E-state index contributed by atoms with van der Waals surface area (Å²) in [6, 6.07) is 5.96. The zero-order chi connectivity index (χ0) is 13.9. The predicted octanol–water partition coefficient (Wildman–Crippen LogP) is 2.89. The molecule has 1 aromatic rings. The third-order valence-electron chi connectivity index (χ3n) is 3.60. The van der Waals surface area contributed by atoms with Crippen LogP contribution >= 0.6 is 0 Å². The fourth-order valence-electron chi connectivity index (χ4n) is 2.49. The molecule has 0 aromatic heterocycles. The molecule has 5 heteroatoms. The second-order valence-corrected chi connectivity index (χ2v) is 5.06. The van der Waals surface area contributed by atoms with Gasteiger partial charge in [-0.2, -0.15) is 13.2 Å². The van der Waals surface area contributed by atoms with Crippen molar-refractivity contribution in [3.63, 3.8) is 0 Å². The number of rotatable bonds is 3. The SMILES string of the molecule is CNC1CCCN(Cc2ccc(C(F)(F)F)cc2)C1. The normalized spacial score (nSPS) is 21.6. The van der Waals surface area contributed by atoms with Gasteiger partial charge >= 0.3 is 6.18 Å². The Kier molecular flexibility index (Phi) is 4.47. The first-order chi connectivity index (χ1) is 8.99. The first kappa shape index (κ1) is 14.3. The Morgan fingerprint density at radius 2 is 1.95 bits per heavy atom. The summed E-state index contributed by atoms with van der Waals surface area (Å²) >= 11 is 0. The molecule has 0 amide bonds. The van der Waals surface area contributed by atoms with E-state index in [1.165, 1.54) is 6.42 Å². The first-order valence-corrected chi connectivity index (χ1v) is 6.55. The summed E-state index contributed by atoms with van der Waals surface area (Å²) in [6.07, 6.45) is -1.95. The van der Waals surface area contributed by atoms with E-state index in [0.717, 1.165) is 43.8 Å². The zero-order valence-corrected chi connectivity index (χ0v) is 11.0. The highest BCUT2D eigenvalue weighted by Gasteiger charge is 2.30. The number of benzene rings is 1. The van der Waals surface area contributed by atoms with Crippen LogP contribution in [0.3, 0.4) is 0 Å². The lowest BCUT2D eigenvalue weighted by Gasteiger charge is -2.32. The minimum Gasteiger partial charge on any atom is -0.316 e. The molecule has 2 nitrogen and oxygen atoms in total. The maximum absolute atomic E-state index is 12.5. The number of nitrogens with one attached hydrogen (secondary N) is 1. The molecule has 1 atom stereocenters. The quantitative estimate of drug-likeness (QED) is 0.910. The van der Waals surface area contributed by atoms with E-state index < -0.39 is 11.7 Å². The number of halogens is 3. The van der Waals surface area contributed by atoms with Crippen LogP contribution in [0.25, 0.3) is 0 Å². The van der Waals surface area contributed by atoms with Crippen molar-refractivity contribution >= 4 is 0 Å². The second kappa shape index (κ2) is 5.92. The Hall–Kier alpha value is -1.07. The third kappa shape index (κ3) is 3.94. The lowest BCUT2D eigenvalue weighted by atomic mass is 10.0. The lowest BCUT2D eigenvalue weighted by molar-refractivity contribution is -0.137. The molecule has 0 bridgehead atoms. The van der Waals surface area contributed by atoms with Gasteiger partial charge in [0.15, 0.2) is 0 Å². The molecule has 1 saturated heterocycles. The van der Waals surface area contributed by atoms with Crippen LogP contribution < -0.4 is 5.32 Å². The van der Waals surface area contributed by atoms with Gasteiger partial charge in [-0.1, -0.05) is 12.1 Å². The van der Waals surface area contributed by atoms with E-state index >= 15 is 0 Å². The van der Waals surface area contributed by atoms with E-state index in [1.54, 1.807) is 12.1 Å². The van der Waals surface area contributed by atoms with Gasteiger partial charge in [-0.3, -0.25) is 4.90 Å². The molecule has 106 valence electrons. The molecule has 1 heterocycles. The maximum atomic E-state index is 12.5. The molecule has 1 N–H and O–H groups in total. The van der Waals surface area contributed by atoms with Crippen molar-refractivity contribution in [2.24, 2.45) is 0 Å².